The molecule has 2 N–H and O–H groups in total. The van der Waals surface area contributed by atoms with Gasteiger partial charge in [0.05, 0.1) is 42.1 Å². The number of likely N-dealkylation sites (tertiary alicyclic amines) is 1. The zero-order valence-corrected chi connectivity index (χ0v) is 20.0. The van der Waals surface area contributed by atoms with Crippen LogP contribution in [0.1, 0.15) is 23.2 Å². The molecule has 180 valence electrons. The molecule has 33 heavy (non-hydrogen) atoms. The van der Waals surface area contributed by atoms with Crippen LogP contribution in [0.2, 0.25) is 5.02 Å². The standard InChI is InChI=1S/C24H31ClFN3O4/c1-28(24(30)18-13-19(25)20(27)14-22(18)31-2)21-9-11-29(15-23(21)32-3)10-4-12-33-17-7-5-16(26)6-8-17/h5-8,13-14,21,23H,4,9-12,15,27H2,1-3H3/t21-,23-/m1/s1. The number of ether oxygens (including phenoxy) is 3. The van der Waals surface area contributed by atoms with Crippen molar-refractivity contribution in [3.05, 3.63) is 52.8 Å². The van der Waals surface area contributed by atoms with Crippen molar-refractivity contribution in [2.75, 3.05) is 53.2 Å². The molecule has 1 amide bonds. The van der Waals surface area contributed by atoms with Crippen molar-refractivity contribution in [1.29, 1.82) is 0 Å². The summed E-state index contributed by atoms with van der Waals surface area (Å²) in [4.78, 5) is 17.2. The SMILES string of the molecule is COc1cc(N)c(Cl)cc1C(=O)N(C)[C@@H]1CCN(CCCOc2ccc(F)cc2)C[C@H]1OC. The third-order valence-corrected chi connectivity index (χ3v) is 6.31. The minimum absolute atomic E-state index is 0.0877. The Bertz CT molecular complexity index is 944. The van der Waals surface area contributed by atoms with E-state index in [1.54, 1.807) is 43.3 Å². The predicted molar refractivity (Wildman–Crippen MR) is 127 cm³/mol. The van der Waals surface area contributed by atoms with E-state index < -0.39 is 0 Å². The molecular weight excluding hydrogens is 449 g/mol. The summed E-state index contributed by atoms with van der Waals surface area (Å²) in [5, 5.41) is 0.313. The van der Waals surface area contributed by atoms with Crippen LogP contribution < -0.4 is 15.2 Å². The van der Waals surface area contributed by atoms with Crippen LogP contribution in [0.3, 0.4) is 0 Å². The van der Waals surface area contributed by atoms with E-state index in [1.807, 2.05) is 0 Å². The highest BCUT2D eigenvalue weighted by Crippen LogP contribution is 2.31. The van der Waals surface area contributed by atoms with Crippen molar-refractivity contribution >= 4 is 23.2 Å². The van der Waals surface area contributed by atoms with Gasteiger partial charge in [-0.25, -0.2) is 4.39 Å². The summed E-state index contributed by atoms with van der Waals surface area (Å²) in [7, 11) is 4.93. The van der Waals surface area contributed by atoms with Crippen LogP contribution in [0.15, 0.2) is 36.4 Å². The minimum Gasteiger partial charge on any atom is -0.496 e. The normalized spacial score (nSPS) is 18.7. The minimum atomic E-state index is -0.280. The third kappa shape index (κ3) is 6.28. The number of piperidine rings is 1. The highest BCUT2D eigenvalue weighted by molar-refractivity contribution is 6.33. The van der Waals surface area contributed by atoms with Crippen molar-refractivity contribution in [2.45, 2.75) is 25.0 Å². The number of nitrogens with two attached hydrogens (primary N) is 1. The van der Waals surface area contributed by atoms with Crippen LogP contribution in [0.5, 0.6) is 11.5 Å². The first kappa shape index (κ1) is 25.1. The number of carbonyl (C=O) groups is 1. The molecule has 0 bridgehead atoms. The lowest BCUT2D eigenvalue weighted by Gasteiger charge is -2.42. The van der Waals surface area contributed by atoms with Gasteiger partial charge in [0.25, 0.3) is 5.91 Å². The van der Waals surface area contributed by atoms with Gasteiger partial charge < -0.3 is 29.7 Å². The molecule has 0 saturated carbocycles. The maximum Gasteiger partial charge on any atom is 0.257 e. The van der Waals surface area contributed by atoms with E-state index in [0.717, 1.165) is 25.9 Å². The number of hydrogen-bond acceptors (Lipinski definition) is 6. The number of nitrogen functional groups attached to an aromatic ring is 1. The van der Waals surface area contributed by atoms with Gasteiger partial charge in [-0.3, -0.25) is 4.79 Å². The van der Waals surface area contributed by atoms with Crippen molar-refractivity contribution < 1.29 is 23.4 Å². The lowest BCUT2D eigenvalue weighted by atomic mass is 9.99. The van der Waals surface area contributed by atoms with Crippen molar-refractivity contribution in [1.82, 2.24) is 9.80 Å². The topological polar surface area (TPSA) is 77.3 Å². The van der Waals surface area contributed by atoms with E-state index in [2.05, 4.69) is 4.90 Å². The first-order chi connectivity index (χ1) is 15.8. The highest BCUT2D eigenvalue weighted by atomic mass is 35.5. The van der Waals surface area contributed by atoms with Gasteiger partial charge in [-0.15, -0.1) is 0 Å². The smallest absolute Gasteiger partial charge is 0.257 e. The summed E-state index contributed by atoms with van der Waals surface area (Å²) in [5.41, 5.74) is 6.58. The fourth-order valence-corrected chi connectivity index (χ4v) is 4.26. The molecule has 2 aromatic rings. The summed E-state index contributed by atoms with van der Waals surface area (Å²) in [5.74, 6) is 0.573. The molecule has 0 spiro atoms. The second kappa shape index (κ2) is 11.5. The number of hydrogen-bond donors (Lipinski definition) is 1. The molecule has 1 aliphatic heterocycles. The predicted octanol–water partition coefficient (Wildman–Crippen LogP) is 3.70. The number of carbonyl (C=O) groups excluding carboxylic acids is 1. The van der Waals surface area contributed by atoms with E-state index in [4.69, 9.17) is 31.5 Å². The van der Waals surface area contributed by atoms with Gasteiger partial charge in [-0.1, -0.05) is 11.6 Å². The monoisotopic (exact) mass is 479 g/mol. The number of amides is 1. The van der Waals surface area contributed by atoms with Gasteiger partial charge >= 0.3 is 0 Å². The third-order valence-electron chi connectivity index (χ3n) is 5.98. The number of nitrogens with zero attached hydrogens (tertiary/aromatic N) is 2. The second-order valence-electron chi connectivity index (χ2n) is 8.08. The molecule has 0 unspecified atom stereocenters. The first-order valence-electron chi connectivity index (χ1n) is 10.9. The van der Waals surface area contributed by atoms with Gasteiger partial charge in [0.2, 0.25) is 0 Å². The molecule has 1 fully saturated rings. The van der Waals surface area contributed by atoms with Gasteiger partial charge in [-0.2, -0.15) is 0 Å². The number of rotatable bonds is 9. The Morgan fingerprint density at radius 3 is 2.67 bits per heavy atom. The summed E-state index contributed by atoms with van der Waals surface area (Å²) in [6, 6.07) is 9.04. The molecule has 3 rings (SSSR count). The van der Waals surface area contributed by atoms with Crippen LogP contribution in [0.25, 0.3) is 0 Å². The number of anilines is 1. The molecule has 1 saturated heterocycles. The van der Waals surface area contributed by atoms with Crippen LogP contribution in [-0.4, -0.2) is 75.4 Å². The number of likely N-dealkylation sites (N-methyl/N-ethyl adjacent to an activating group) is 1. The second-order valence-corrected chi connectivity index (χ2v) is 8.48. The maximum absolute atomic E-state index is 13.2. The zero-order valence-electron chi connectivity index (χ0n) is 19.2. The Balaban J connectivity index is 1.55. The number of benzene rings is 2. The summed E-state index contributed by atoms with van der Waals surface area (Å²) < 4.78 is 29.7. The Kier molecular flexibility index (Phi) is 8.77. The maximum atomic E-state index is 13.2. The number of halogens is 2. The number of methoxy groups -OCH3 is 2. The molecular formula is C24H31ClFN3O4. The Morgan fingerprint density at radius 2 is 2.00 bits per heavy atom. The molecule has 0 aliphatic carbocycles. The first-order valence-corrected chi connectivity index (χ1v) is 11.3. The Morgan fingerprint density at radius 1 is 1.27 bits per heavy atom. The van der Waals surface area contributed by atoms with Crippen molar-refractivity contribution in [2.24, 2.45) is 0 Å². The molecule has 0 radical (unpaired) electrons. The molecule has 1 heterocycles. The van der Waals surface area contributed by atoms with E-state index in [0.29, 0.717) is 40.9 Å². The highest BCUT2D eigenvalue weighted by Gasteiger charge is 2.35. The van der Waals surface area contributed by atoms with Crippen LogP contribution >= 0.6 is 11.6 Å². The lowest BCUT2D eigenvalue weighted by molar-refractivity contribution is -0.0260. The largest absolute Gasteiger partial charge is 0.496 e. The molecule has 2 aromatic carbocycles. The van der Waals surface area contributed by atoms with Gasteiger partial charge in [0.15, 0.2) is 0 Å². The van der Waals surface area contributed by atoms with Crippen molar-refractivity contribution in [3.8, 4) is 11.5 Å². The van der Waals surface area contributed by atoms with Gasteiger partial charge in [0.1, 0.15) is 17.3 Å². The van der Waals surface area contributed by atoms with Crippen LogP contribution in [0.4, 0.5) is 10.1 Å². The van der Waals surface area contributed by atoms with E-state index in [-0.39, 0.29) is 23.9 Å². The van der Waals surface area contributed by atoms with E-state index in [1.165, 1.54) is 19.2 Å². The fourth-order valence-electron chi connectivity index (χ4n) is 4.10. The van der Waals surface area contributed by atoms with E-state index in [9.17, 15) is 9.18 Å². The Hall–Kier alpha value is -2.55. The van der Waals surface area contributed by atoms with Crippen molar-refractivity contribution in [3.63, 3.8) is 0 Å². The molecule has 7 nitrogen and oxygen atoms in total. The molecule has 2 atom stereocenters. The quantitative estimate of drug-likeness (QED) is 0.436. The molecule has 9 heteroatoms. The fraction of sp³-hybridized carbons (Fsp3) is 0.458. The molecule has 1 aliphatic rings. The van der Waals surface area contributed by atoms with E-state index >= 15 is 0 Å². The summed E-state index contributed by atoms with van der Waals surface area (Å²) in [6.45, 7) is 2.92. The average molecular weight is 480 g/mol. The zero-order chi connectivity index (χ0) is 24.0. The van der Waals surface area contributed by atoms with Gasteiger partial charge in [-0.05, 0) is 43.2 Å². The average Bonchev–Trinajstić information content (AvgIpc) is 2.83. The summed E-state index contributed by atoms with van der Waals surface area (Å²) >= 11 is 6.15. The summed E-state index contributed by atoms with van der Waals surface area (Å²) in [6.07, 6.45) is 1.46. The van der Waals surface area contributed by atoms with Gasteiger partial charge in [0, 0.05) is 39.9 Å². The molecule has 0 aromatic heterocycles. The van der Waals surface area contributed by atoms with Crippen LogP contribution in [0, 0.1) is 5.82 Å². The Labute approximate surface area is 199 Å². The van der Waals surface area contributed by atoms with Crippen LogP contribution in [-0.2, 0) is 4.74 Å². The lowest BCUT2D eigenvalue weighted by Crippen LogP contribution is -2.55.